The zero-order chi connectivity index (χ0) is 18.4. The summed E-state index contributed by atoms with van der Waals surface area (Å²) < 4.78 is 5.32. The maximum atomic E-state index is 11.6. The van der Waals surface area contributed by atoms with Gasteiger partial charge in [0.15, 0.2) is 0 Å². The van der Waals surface area contributed by atoms with Crippen molar-refractivity contribution in [2.45, 2.75) is 32.2 Å². The van der Waals surface area contributed by atoms with Crippen LogP contribution >= 0.6 is 0 Å². The summed E-state index contributed by atoms with van der Waals surface area (Å²) in [5.74, 6) is -3.03. The fourth-order valence-corrected chi connectivity index (χ4v) is 2.39. The molecule has 0 aliphatic carbocycles. The van der Waals surface area contributed by atoms with Gasteiger partial charge in [-0.1, -0.05) is 13.8 Å². The number of carboxylic acids is 2. The van der Waals surface area contributed by atoms with Crippen molar-refractivity contribution in [1.29, 1.82) is 0 Å². The van der Waals surface area contributed by atoms with E-state index in [0.29, 0.717) is 12.1 Å². The van der Waals surface area contributed by atoms with Crippen LogP contribution in [0, 0.1) is 5.92 Å². The number of carboxylic acid groups (broad SMARTS) is 2. The van der Waals surface area contributed by atoms with Gasteiger partial charge in [-0.25, -0.2) is 4.98 Å². The molecular formula is C17H21N3O5. The summed E-state index contributed by atoms with van der Waals surface area (Å²) in [4.78, 5) is 31.0. The molecule has 0 fully saturated rings. The van der Waals surface area contributed by atoms with E-state index >= 15 is 0 Å². The van der Waals surface area contributed by atoms with Gasteiger partial charge in [0.25, 0.3) is 0 Å². The van der Waals surface area contributed by atoms with Gasteiger partial charge in [0.05, 0.1) is 0 Å². The normalized spacial score (nSPS) is 13.6. The lowest BCUT2D eigenvalue weighted by Crippen LogP contribution is -2.41. The highest BCUT2D eigenvalue weighted by Crippen LogP contribution is 2.22. The van der Waals surface area contributed by atoms with Crippen LogP contribution in [0.1, 0.15) is 32.1 Å². The molecule has 0 radical (unpaired) electrons. The number of nitrogens with zero attached hydrogens (tertiary/aromatic N) is 2. The Kier molecular flexibility index (Phi) is 6.24. The second-order valence-electron chi connectivity index (χ2n) is 6.13. The summed E-state index contributed by atoms with van der Waals surface area (Å²) in [6.45, 7) is 3.72. The fourth-order valence-electron chi connectivity index (χ4n) is 2.39. The third kappa shape index (κ3) is 5.12. The van der Waals surface area contributed by atoms with Gasteiger partial charge in [0.1, 0.15) is 23.9 Å². The standard InChI is InChI=1S/C17H21N3O5/c1-10(2)7-13(17(23)24)19-8-12(16(21)22)15-20-14(9-25-15)11-3-5-18-6-4-11/h3-6,9-10,12-13,19H,7-8H2,1-2H3,(H,21,22)(H,23,24). The minimum absolute atomic E-state index is 0.0282. The molecule has 134 valence electrons. The van der Waals surface area contributed by atoms with E-state index in [2.05, 4.69) is 15.3 Å². The van der Waals surface area contributed by atoms with E-state index in [0.717, 1.165) is 5.56 Å². The van der Waals surface area contributed by atoms with Gasteiger partial charge in [-0.3, -0.25) is 14.6 Å². The quantitative estimate of drug-likeness (QED) is 0.629. The van der Waals surface area contributed by atoms with Crippen molar-refractivity contribution in [1.82, 2.24) is 15.3 Å². The van der Waals surface area contributed by atoms with Crippen LogP contribution in [0.15, 0.2) is 35.2 Å². The first-order valence-electron chi connectivity index (χ1n) is 7.93. The smallest absolute Gasteiger partial charge is 0.320 e. The zero-order valence-corrected chi connectivity index (χ0v) is 14.0. The van der Waals surface area contributed by atoms with Crippen LogP contribution in [0.2, 0.25) is 0 Å². The molecule has 2 atom stereocenters. The average molecular weight is 347 g/mol. The fraction of sp³-hybridized carbons (Fsp3) is 0.412. The van der Waals surface area contributed by atoms with Gasteiger partial charge < -0.3 is 19.9 Å². The van der Waals surface area contributed by atoms with E-state index < -0.39 is 23.9 Å². The number of pyridine rings is 1. The predicted octanol–water partition coefficient (Wildman–Crippen LogP) is 1.99. The Bertz CT molecular complexity index is 714. The minimum Gasteiger partial charge on any atom is -0.481 e. The molecule has 0 spiro atoms. The topological polar surface area (TPSA) is 126 Å². The first-order chi connectivity index (χ1) is 11.9. The maximum Gasteiger partial charge on any atom is 0.320 e. The molecule has 0 aliphatic heterocycles. The second kappa shape index (κ2) is 8.39. The third-order valence-electron chi connectivity index (χ3n) is 3.67. The van der Waals surface area contributed by atoms with Crippen molar-refractivity contribution in [3.05, 3.63) is 36.7 Å². The highest BCUT2D eigenvalue weighted by molar-refractivity contribution is 5.76. The molecule has 8 heteroatoms. The minimum atomic E-state index is -1.13. The van der Waals surface area contributed by atoms with Crippen molar-refractivity contribution in [3.63, 3.8) is 0 Å². The zero-order valence-electron chi connectivity index (χ0n) is 14.0. The largest absolute Gasteiger partial charge is 0.481 e. The van der Waals surface area contributed by atoms with E-state index in [9.17, 15) is 19.8 Å². The van der Waals surface area contributed by atoms with E-state index in [1.54, 1.807) is 24.5 Å². The van der Waals surface area contributed by atoms with Gasteiger partial charge in [-0.05, 0) is 24.5 Å². The monoisotopic (exact) mass is 347 g/mol. The van der Waals surface area contributed by atoms with Crippen molar-refractivity contribution in [3.8, 4) is 11.3 Å². The van der Waals surface area contributed by atoms with Gasteiger partial charge in [-0.2, -0.15) is 0 Å². The highest BCUT2D eigenvalue weighted by Gasteiger charge is 2.28. The van der Waals surface area contributed by atoms with E-state index in [1.165, 1.54) is 6.26 Å². The number of aromatic nitrogens is 2. The molecule has 0 bridgehead atoms. The first kappa shape index (κ1) is 18.6. The molecule has 3 N–H and O–H groups in total. The molecule has 0 aromatic carbocycles. The molecule has 0 amide bonds. The lowest BCUT2D eigenvalue weighted by atomic mass is 10.0. The summed E-state index contributed by atoms with van der Waals surface area (Å²) in [5.41, 5.74) is 1.26. The molecule has 2 heterocycles. The van der Waals surface area contributed by atoms with Crippen molar-refractivity contribution >= 4 is 11.9 Å². The van der Waals surface area contributed by atoms with Crippen LogP contribution in [0.3, 0.4) is 0 Å². The van der Waals surface area contributed by atoms with Gasteiger partial charge in [0.2, 0.25) is 5.89 Å². The van der Waals surface area contributed by atoms with Crippen LogP contribution in [-0.4, -0.2) is 44.7 Å². The van der Waals surface area contributed by atoms with Crippen molar-refractivity contribution in [2.75, 3.05) is 6.54 Å². The van der Waals surface area contributed by atoms with Crippen molar-refractivity contribution < 1.29 is 24.2 Å². The molecule has 2 unspecified atom stereocenters. The van der Waals surface area contributed by atoms with Crippen LogP contribution in [0.4, 0.5) is 0 Å². The number of oxazole rings is 1. The molecule has 25 heavy (non-hydrogen) atoms. The molecule has 0 saturated heterocycles. The summed E-state index contributed by atoms with van der Waals surface area (Å²) in [5, 5.41) is 21.5. The van der Waals surface area contributed by atoms with Crippen LogP contribution in [0.25, 0.3) is 11.3 Å². The number of rotatable bonds is 9. The highest BCUT2D eigenvalue weighted by atomic mass is 16.4. The third-order valence-corrected chi connectivity index (χ3v) is 3.67. The second-order valence-corrected chi connectivity index (χ2v) is 6.13. The average Bonchev–Trinajstić information content (AvgIpc) is 3.03. The summed E-state index contributed by atoms with van der Waals surface area (Å²) in [6, 6.07) is 2.65. The summed E-state index contributed by atoms with van der Waals surface area (Å²) in [6.07, 6.45) is 4.98. The molecule has 8 nitrogen and oxygen atoms in total. The predicted molar refractivity (Wildman–Crippen MR) is 89.0 cm³/mol. The Morgan fingerprint density at radius 3 is 2.44 bits per heavy atom. The van der Waals surface area contributed by atoms with E-state index in [1.807, 2.05) is 13.8 Å². The molecular weight excluding hydrogens is 326 g/mol. The van der Waals surface area contributed by atoms with Crippen LogP contribution < -0.4 is 5.32 Å². The Morgan fingerprint density at radius 1 is 1.20 bits per heavy atom. The van der Waals surface area contributed by atoms with Gasteiger partial charge in [0, 0.05) is 24.5 Å². The Balaban J connectivity index is 2.12. The number of hydrogen-bond acceptors (Lipinski definition) is 6. The molecule has 0 saturated carbocycles. The van der Waals surface area contributed by atoms with Gasteiger partial charge >= 0.3 is 11.9 Å². The van der Waals surface area contributed by atoms with E-state index in [4.69, 9.17) is 4.42 Å². The molecule has 2 aromatic rings. The summed E-state index contributed by atoms with van der Waals surface area (Å²) >= 11 is 0. The van der Waals surface area contributed by atoms with Crippen LogP contribution in [-0.2, 0) is 9.59 Å². The number of carbonyl (C=O) groups is 2. The van der Waals surface area contributed by atoms with E-state index in [-0.39, 0.29) is 18.4 Å². The van der Waals surface area contributed by atoms with Crippen LogP contribution in [0.5, 0.6) is 0 Å². The van der Waals surface area contributed by atoms with Gasteiger partial charge in [-0.15, -0.1) is 0 Å². The Hall–Kier alpha value is -2.74. The lowest BCUT2D eigenvalue weighted by molar-refractivity contribution is -0.142. The number of aliphatic carboxylic acids is 2. The number of nitrogens with one attached hydrogen (secondary N) is 1. The summed E-state index contributed by atoms with van der Waals surface area (Å²) in [7, 11) is 0. The Morgan fingerprint density at radius 2 is 1.88 bits per heavy atom. The van der Waals surface area contributed by atoms with Crippen molar-refractivity contribution in [2.24, 2.45) is 5.92 Å². The molecule has 0 aliphatic rings. The molecule has 2 aromatic heterocycles. The molecule has 2 rings (SSSR count). The SMILES string of the molecule is CC(C)CC(NCC(C(=O)O)c1nc(-c2ccncc2)co1)C(=O)O. The first-order valence-corrected chi connectivity index (χ1v) is 7.93. The maximum absolute atomic E-state index is 11.6. The Labute approximate surface area is 144 Å². The number of hydrogen-bond donors (Lipinski definition) is 3. The lowest BCUT2D eigenvalue weighted by Gasteiger charge is -2.18.